The smallest absolute Gasteiger partial charge is 0.239 e. The van der Waals surface area contributed by atoms with E-state index in [1.165, 1.54) is 0 Å². The van der Waals surface area contributed by atoms with E-state index in [1.54, 1.807) is 32.0 Å². The van der Waals surface area contributed by atoms with Crippen molar-refractivity contribution in [1.29, 1.82) is 0 Å². The Hall–Kier alpha value is -2.14. The Morgan fingerprint density at radius 2 is 1.41 bits per heavy atom. The molecule has 0 aliphatic rings. The van der Waals surface area contributed by atoms with Crippen molar-refractivity contribution in [2.75, 3.05) is 10.6 Å². The highest BCUT2D eigenvalue weighted by atomic mass is 79.9. The summed E-state index contributed by atoms with van der Waals surface area (Å²) in [6.07, 6.45) is 0. The third kappa shape index (κ3) is 3.74. The standard InChI is InChI=1S/C17H17BrN2O2/c1-17(2,15(21)19-12-8-4-3-5-9-12)16(22)20-14-11-7-6-10-13(14)18/h3-11H,1-2H3,(H,19,21)(H,20,22). The number of para-hydroxylation sites is 2. The fourth-order valence-corrected chi connectivity index (χ4v) is 2.14. The van der Waals surface area contributed by atoms with Gasteiger partial charge in [-0.2, -0.15) is 0 Å². The van der Waals surface area contributed by atoms with Gasteiger partial charge in [0.2, 0.25) is 11.8 Å². The molecule has 2 aromatic carbocycles. The first-order valence-corrected chi connectivity index (χ1v) is 7.63. The van der Waals surface area contributed by atoms with Crippen LogP contribution in [0.25, 0.3) is 0 Å². The van der Waals surface area contributed by atoms with Crippen LogP contribution < -0.4 is 10.6 Å². The van der Waals surface area contributed by atoms with E-state index in [1.807, 2.05) is 36.4 Å². The zero-order chi connectivity index (χ0) is 16.2. The van der Waals surface area contributed by atoms with Crippen molar-refractivity contribution in [2.45, 2.75) is 13.8 Å². The molecular weight excluding hydrogens is 344 g/mol. The SMILES string of the molecule is CC(C)(C(=O)Nc1ccccc1)C(=O)Nc1ccccc1Br. The van der Waals surface area contributed by atoms with Gasteiger partial charge in [0.05, 0.1) is 5.69 Å². The average Bonchev–Trinajstić information content (AvgIpc) is 2.50. The van der Waals surface area contributed by atoms with Crippen LogP contribution in [0.15, 0.2) is 59.1 Å². The molecule has 22 heavy (non-hydrogen) atoms. The van der Waals surface area contributed by atoms with Crippen molar-refractivity contribution in [3.63, 3.8) is 0 Å². The summed E-state index contributed by atoms with van der Waals surface area (Å²) in [5.41, 5.74) is 0.0906. The van der Waals surface area contributed by atoms with Crippen LogP contribution in [0.2, 0.25) is 0 Å². The summed E-state index contributed by atoms with van der Waals surface area (Å²) in [5.74, 6) is -0.726. The number of anilines is 2. The Labute approximate surface area is 138 Å². The first-order valence-electron chi connectivity index (χ1n) is 6.84. The molecule has 5 heteroatoms. The molecule has 2 aromatic rings. The second kappa shape index (κ2) is 6.75. The molecule has 4 nitrogen and oxygen atoms in total. The van der Waals surface area contributed by atoms with Gasteiger partial charge in [-0.3, -0.25) is 9.59 Å². The van der Waals surface area contributed by atoms with Crippen LogP contribution in [0.3, 0.4) is 0 Å². The number of rotatable bonds is 4. The Morgan fingerprint density at radius 1 is 0.864 bits per heavy atom. The van der Waals surface area contributed by atoms with Gasteiger partial charge in [-0.05, 0) is 54.0 Å². The second-order valence-electron chi connectivity index (χ2n) is 5.38. The maximum atomic E-state index is 12.4. The maximum Gasteiger partial charge on any atom is 0.239 e. The van der Waals surface area contributed by atoms with Gasteiger partial charge < -0.3 is 10.6 Å². The lowest BCUT2D eigenvalue weighted by molar-refractivity contribution is -0.135. The molecule has 2 N–H and O–H groups in total. The fourth-order valence-electron chi connectivity index (χ4n) is 1.75. The van der Waals surface area contributed by atoms with Gasteiger partial charge in [0.1, 0.15) is 5.41 Å². The molecule has 0 saturated carbocycles. The van der Waals surface area contributed by atoms with Crippen LogP contribution in [0.5, 0.6) is 0 Å². The summed E-state index contributed by atoms with van der Waals surface area (Å²) in [6.45, 7) is 3.19. The van der Waals surface area contributed by atoms with Crippen LogP contribution >= 0.6 is 15.9 Å². The monoisotopic (exact) mass is 360 g/mol. The highest BCUT2D eigenvalue weighted by Crippen LogP contribution is 2.25. The first kappa shape index (κ1) is 16.2. The van der Waals surface area contributed by atoms with Crippen molar-refractivity contribution in [3.05, 3.63) is 59.1 Å². The molecule has 0 bridgehead atoms. The zero-order valence-electron chi connectivity index (χ0n) is 12.4. The summed E-state index contributed by atoms with van der Waals surface area (Å²) in [5, 5.41) is 5.52. The first-order chi connectivity index (χ1) is 10.4. The summed E-state index contributed by atoms with van der Waals surface area (Å²) < 4.78 is 0.766. The predicted molar refractivity (Wildman–Crippen MR) is 91.6 cm³/mol. The van der Waals surface area contributed by atoms with Crippen LogP contribution in [-0.2, 0) is 9.59 Å². The Kier molecular flexibility index (Phi) is 4.98. The Bertz CT molecular complexity index is 684. The third-order valence-electron chi connectivity index (χ3n) is 3.29. The molecule has 114 valence electrons. The normalized spacial score (nSPS) is 10.9. The molecule has 0 spiro atoms. The Balaban J connectivity index is 2.10. The molecule has 0 aliphatic heterocycles. The molecule has 0 fully saturated rings. The van der Waals surface area contributed by atoms with Crippen molar-refractivity contribution < 1.29 is 9.59 Å². The lowest BCUT2D eigenvalue weighted by Crippen LogP contribution is -2.41. The third-order valence-corrected chi connectivity index (χ3v) is 3.98. The highest BCUT2D eigenvalue weighted by molar-refractivity contribution is 9.10. The number of halogens is 1. The highest BCUT2D eigenvalue weighted by Gasteiger charge is 2.36. The van der Waals surface area contributed by atoms with E-state index in [-0.39, 0.29) is 11.8 Å². The number of carbonyl (C=O) groups excluding carboxylic acids is 2. The molecule has 2 rings (SSSR count). The number of amides is 2. The quantitative estimate of drug-likeness (QED) is 0.807. The fraction of sp³-hybridized carbons (Fsp3) is 0.176. The Morgan fingerprint density at radius 3 is 2.05 bits per heavy atom. The number of hydrogen-bond acceptors (Lipinski definition) is 2. The maximum absolute atomic E-state index is 12.4. The van der Waals surface area contributed by atoms with Crippen molar-refractivity contribution in [2.24, 2.45) is 5.41 Å². The van der Waals surface area contributed by atoms with Crippen molar-refractivity contribution in [3.8, 4) is 0 Å². The van der Waals surface area contributed by atoms with Crippen LogP contribution in [0.1, 0.15) is 13.8 Å². The lowest BCUT2D eigenvalue weighted by Gasteiger charge is -2.23. The largest absolute Gasteiger partial charge is 0.325 e. The van der Waals surface area contributed by atoms with Crippen LogP contribution in [0.4, 0.5) is 11.4 Å². The van der Waals surface area contributed by atoms with E-state index >= 15 is 0 Å². The number of nitrogens with one attached hydrogen (secondary N) is 2. The number of hydrogen-bond donors (Lipinski definition) is 2. The zero-order valence-corrected chi connectivity index (χ0v) is 14.0. The van der Waals surface area contributed by atoms with E-state index in [4.69, 9.17) is 0 Å². The minimum absolute atomic E-state index is 0.358. The number of benzene rings is 2. The molecule has 0 atom stereocenters. The van der Waals surface area contributed by atoms with E-state index in [0.717, 1.165) is 4.47 Å². The number of carbonyl (C=O) groups is 2. The summed E-state index contributed by atoms with van der Waals surface area (Å²) in [6, 6.07) is 16.3. The second-order valence-corrected chi connectivity index (χ2v) is 6.23. The van der Waals surface area contributed by atoms with Gasteiger partial charge in [-0.15, -0.1) is 0 Å². The summed E-state index contributed by atoms with van der Waals surface area (Å²) in [7, 11) is 0. The molecule has 0 unspecified atom stereocenters. The topological polar surface area (TPSA) is 58.2 Å². The molecule has 0 radical (unpaired) electrons. The lowest BCUT2D eigenvalue weighted by atomic mass is 9.90. The molecule has 0 aliphatic carbocycles. The van der Waals surface area contributed by atoms with Crippen molar-refractivity contribution >= 4 is 39.1 Å². The van der Waals surface area contributed by atoms with E-state index in [9.17, 15) is 9.59 Å². The van der Waals surface area contributed by atoms with Gasteiger partial charge in [0.15, 0.2) is 0 Å². The summed E-state index contributed by atoms with van der Waals surface area (Å²) >= 11 is 3.37. The molecule has 0 saturated heterocycles. The van der Waals surface area contributed by atoms with Crippen molar-refractivity contribution in [1.82, 2.24) is 0 Å². The predicted octanol–water partition coefficient (Wildman–Crippen LogP) is 4.05. The van der Waals surface area contributed by atoms with E-state index < -0.39 is 5.41 Å². The van der Waals surface area contributed by atoms with E-state index in [2.05, 4.69) is 26.6 Å². The van der Waals surface area contributed by atoms with E-state index in [0.29, 0.717) is 11.4 Å². The van der Waals surface area contributed by atoms with Gasteiger partial charge in [-0.1, -0.05) is 30.3 Å². The van der Waals surface area contributed by atoms with Gasteiger partial charge in [0, 0.05) is 10.2 Å². The van der Waals surface area contributed by atoms with Gasteiger partial charge >= 0.3 is 0 Å². The minimum Gasteiger partial charge on any atom is -0.325 e. The summed E-state index contributed by atoms with van der Waals surface area (Å²) in [4.78, 5) is 24.8. The molecule has 0 aromatic heterocycles. The van der Waals surface area contributed by atoms with Crippen LogP contribution in [0, 0.1) is 5.41 Å². The molecular formula is C17H17BrN2O2. The van der Waals surface area contributed by atoms with Crippen LogP contribution in [-0.4, -0.2) is 11.8 Å². The minimum atomic E-state index is -1.20. The van der Waals surface area contributed by atoms with Gasteiger partial charge in [0.25, 0.3) is 0 Å². The van der Waals surface area contributed by atoms with Gasteiger partial charge in [-0.25, -0.2) is 0 Å². The molecule has 0 heterocycles. The molecule has 2 amide bonds. The average molecular weight is 361 g/mol.